The normalized spacial score (nSPS) is 15.2. The fraction of sp³-hybridized carbons (Fsp3) is 0.200. The fourth-order valence-corrected chi connectivity index (χ4v) is 3.88. The van der Waals surface area contributed by atoms with Crippen molar-refractivity contribution in [2.75, 3.05) is 11.8 Å². The summed E-state index contributed by atoms with van der Waals surface area (Å²) in [4.78, 5) is 12.3. The number of para-hydroxylation sites is 2. The molecule has 0 fully saturated rings. The topological polar surface area (TPSA) is 96.9 Å². The molecule has 0 bridgehead atoms. The molecular weight excluding hydrogens is 378 g/mol. The predicted octanol–water partition coefficient (Wildman–Crippen LogP) is 3.32. The van der Waals surface area contributed by atoms with Gasteiger partial charge in [0.2, 0.25) is 0 Å². The van der Waals surface area contributed by atoms with Gasteiger partial charge < -0.3 is 4.74 Å². The lowest BCUT2D eigenvalue weighted by molar-refractivity contribution is 0.0954. The molecule has 146 valence electrons. The van der Waals surface area contributed by atoms with Crippen LogP contribution in [0.3, 0.4) is 0 Å². The molecular formula is C20H21N3O4S. The van der Waals surface area contributed by atoms with Crippen LogP contribution in [0.15, 0.2) is 70.2 Å². The van der Waals surface area contributed by atoms with Crippen LogP contribution >= 0.6 is 0 Å². The molecule has 2 aromatic rings. The summed E-state index contributed by atoms with van der Waals surface area (Å²) in [5, 5.41) is 4.09. The van der Waals surface area contributed by atoms with Crippen LogP contribution in [0.4, 0.5) is 5.69 Å². The first-order chi connectivity index (χ1) is 13.4. The molecule has 2 N–H and O–H groups in total. The Kier molecular flexibility index (Phi) is 5.79. The molecule has 0 unspecified atom stereocenters. The third kappa shape index (κ3) is 4.58. The molecule has 7 nitrogen and oxygen atoms in total. The van der Waals surface area contributed by atoms with Crippen molar-refractivity contribution in [2.45, 2.75) is 24.7 Å². The highest BCUT2D eigenvalue weighted by Gasteiger charge is 2.18. The number of carbonyl (C=O) groups excluding carboxylic acids is 1. The number of rotatable bonds is 6. The van der Waals surface area contributed by atoms with Gasteiger partial charge >= 0.3 is 0 Å². The minimum Gasteiger partial charge on any atom is -0.495 e. The fourth-order valence-electron chi connectivity index (χ4n) is 2.77. The Bertz CT molecular complexity index is 1060. The molecule has 0 aromatic heterocycles. The van der Waals surface area contributed by atoms with Crippen molar-refractivity contribution >= 4 is 27.3 Å². The lowest BCUT2D eigenvalue weighted by Crippen LogP contribution is -2.20. The predicted molar refractivity (Wildman–Crippen MR) is 108 cm³/mol. The van der Waals surface area contributed by atoms with Crippen molar-refractivity contribution in [3.8, 4) is 5.75 Å². The molecule has 0 radical (unpaired) electrons. The van der Waals surface area contributed by atoms with Crippen LogP contribution in [0.5, 0.6) is 5.75 Å². The second-order valence-corrected chi connectivity index (χ2v) is 8.05. The maximum absolute atomic E-state index is 12.7. The Morgan fingerprint density at radius 3 is 2.61 bits per heavy atom. The van der Waals surface area contributed by atoms with E-state index in [0.29, 0.717) is 11.4 Å². The summed E-state index contributed by atoms with van der Waals surface area (Å²) in [6.45, 7) is 2.01. The van der Waals surface area contributed by atoms with E-state index < -0.39 is 15.9 Å². The molecule has 0 atom stereocenters. The van der Waals surface area contributed by atoms with Gasteiger partial charge in [-0.05, 0) is 56.2 Å². The average Bonchev–Trinajstić information content (AvgIpc) is 3.11. The van der Waals surface area contributed by atoms with Gasteiger partial charge in [0, 0.05) is 5.56 Å². The number of anilines is 1. The third-order valence-electron chi connectivity index (χ3n) is 4.25. The molecule has 0 saturated heterocycles. The number of methoxy groups -OCH3 is 1. The number of hydrazone groups is 1. The molecule has 0 aliphatic heterocycles. The number of hydrogen-bond donors (Lipinski definition) is 2. The number of nitrogens with zero attached hydrogens (tertiary/aromatic N) is 1. The van der Waals surface area contributed by atoms with Gasteiger partial charge in [-0.1, -0.05) is 23.8 Å². The number of hydrogen-bond acceptors (Lipinski definition) is 5. The van der Waals surface area contributed by atoms with Gasteiger partial charge in [0.15, 0.2) is 0 Å². The van der Waals surface area contributed by atoms with E-state index in [-0.39, 0.29) is 10.5 Å². The lowest BCUT2D eigenvalue weighted by atomic mass is 10.2. The van der Waals surface area contributed by atoms with Gasteiger partial charge in [-0.3, -0.25) is 9.52 Å². The first kappa shape index (κ1) is 19.6. The largest absolute Gasteiger partial charge is 0.495 e. The van der Waals surface area contributed by atoms with E-state index in [0.717, 1.165) is 18.6 Å². The zero-order valence-electron chi connectivity index (χ0n) is 15.6. The summed E-state index contributed by atoms with van der Waals surface area (Å²) in [6, 6.07) is 12.5. The van der Waals surface area contributed by atoms with Crippen molar-refractivity contribution in [3.63, 3.8) is 0 Å². The molecule has 0 spiro atoms. The quantitative estimate of drug-likeness (QED) is 0.728. The molecule has 1 aliphatic carbocycles. The monoisotopic (exact) mass is 399 g/mol. The van der Waals surface area contributed by atoms with Crippen LogP contribution in [0.2, 0.25) is 0 Å². The van der Waals surface area contributed by atoms with Crippen LogP contribution in [-0.2, 0) is 10.0 Å². The number of sulfonamides is 1. The van der Waals surface area contributed by atoms with E-state index in [1.165, 1.54) is 36.9 Å². The maximum Gasteiger partial charge on any atom is 0.271 e. The second-order valence-electron chi connectivity index (χ2n) is 6.37. The van der Waals surface area contributed by atoms with Crippen molar-refractivity contribution in [1.82, 2.24) is 5.43 Å². The van der Waals surface area contributed by atoms with Crippen molar-refractivity contribution in [1.29, 1.82) is 0 Å². The number of carbonyl (C=O) groups is 1. The van der Waals surface area contributed by atoms with Gasteiger partial charge in [0.1, 0.15) is 5.75 Å². The van der Waals surface area contributed by atoms with Gasteiger partial charge in [-0.2, -0.15) is 5.10 Å². The van der Waals surface area contributed by atoms with E-state index in [1.807, 2.05) is 13.0 Å². The Morgan fingerprint density at radius 1 is 1.11 bits per heavy atom. The van der Waals surface area contributed by atoms with E-state index in [2.05, 4.69) is 15.2 Å². The summed E-state index contributed by atoms with van der Waals surface area (Å²) in [5.74, 6) is -0.0736. The Balaban J connectivity index is 1.79. The third-order valence-corrected chi connectivity index (χ3v) is 5.61. The number of benzene rings is 2. The highest BCUT2D eigenvalue weighted by atomic mass is 32.2. The number of ether oxygens (including phenoxy) is 1. The van der Waals surface area contributed by atoms with Gasteiger partial charge in [-0.15, -0.1) is 0 Å². The average molecular weight is 399 g/mol. The van der Waals surface area contributed by atoms with Crippen LogP contribution in [-0.4, -0.2) is 27.1 Å². The van der Waals surface area contributed by atoms with E-state index >= 15 is 0 Å². The highest BCUT2D eigenvalue weighted by Crippen LogP contribution is 2.26. The van der Waals surface area contributed by atoms with Crippen LogP contribution in [0, 0.1) is 0 Å². The van der Waals surface area contributed by atoms with Crippen LogP contribution in [0.25, 0.3) is 0 Å². The van der Waals surface area contributed by atoms with Crippen LogP contribution in [0.1, 0.15) is 30.1 Å². The summed E-state index contributed by atoms with van der Waals surface area (Å²) in [7, 11) is -2.44. The second kappa shape index (κ2) is 8.26. The lowest BCUT2D eigenvalue weighted by Gasteiger charge is -2.12. The maximum atomic E-state index is 12.7. The smallest absolute Gasteiger partial charge is 0.271 e. The zero-order valence-corrected chi connectivity index (χ0v) is 16.4. The van der Waals surface area contributed by atoms with Gasteiger partial charge in [-0.25, -0.2) is 13.8 Å². The Labute approximate surface area is 164 Å². The molecule has 28 heavy (non-hydrogen) atoms. The first-order valence-electron chi connectivity index (χ1n) is 8.69. The number of amides is 1. The number of nitrogens with one attached hydrogen (secondary N) is 2. The molecule has 3 rings (SSSR count). The summed E-state index contributed by atoms with van der Waals surface area (Å²) in [6.07, 6.45) is 3.64. The molecule has 0 heterocycles. The van der Waals surface area contributed by atoms with Gasteiger partial charge in [0.25, 0.3) is 15.9 Å². The molecule has 8 heteroatoms. The summed E-state index contributed by atoms with van der Waals surface area (Å²) in [5.41, 5.74) is 5.00. The molecule has 0 saturated carbocycles. The number of allylic oxidation sites excluding steroid dienone is 2. The van der Waals surface area contributed by atoms with Crippen molar-refractivity contribution in [2.24, 2.45) is 5.10 Å². The first-order valence-corrected chi connectivity index (χ1v) is 10.2. The Hall–Kier alpha value is -3.13. The minimum absolute atomic E-state index is 0.0321. The molecule has 2 aromatic carbocycles. The van der Waals surface area contributed by atoms with E-state index in [1.54, 1.807) is 24.3 Å². The van der Waals surface area contributed by atoms with Gasteiger partial charge in [0.05, 0.1) is 23.4 Å². The van der Waals surface area contributed by atoms with Crippen molar-refractivity contribution < 1.29 is 17.9 Å². The van der Waals surface area contributed by atoms with E-state index in [9.17, 15) is 13.2 Å². The van der Waals surface area contributed by atoms with E-state index in [4.69, 9.17) is 4.74 Å². The van der Waals surface area contributed by atoms with Crippen molar-refractivity contribution in [3.05, 3.63) is 65.7 Å². The summed E-state index contributed by atoms with van der Waals surface area (Å²) < 4.78 is 33.1. The van der Waals surface area contributed by atoms with Crippen LogP contribution < -0.4 is 14.9 Å². The summed E-state index contributed by atoms with van der Waals surface area (Å²) >= 11 is 0. The zero-order chi connectivity index (χ0) is 20.1. The SMILES string of the molecule is COc1ccccc1NS(=O)(=O)c1cccc(C(=O)N/N=C2\C=C(C)CC2)c1. The highest BCUT2D eigenvalue weighted by molar-refractivity contribution is 7.92. The molecule has 1 aliphatic rings. The molecule has 1 amide bonds. The standard InChI is InChI=1S/C20H21N3O4S/c1-14-10-11-16(12-14)21-22-20(24)15-6-5-7-17(13-15)28(25,26)23-18-8-3-4-9-19(18)27-2/h3-9,12-13,23H,10-11H2,1-2H3,(H,22,24)/b21-16-. The Morgan fingerprint density at radius 2 is 1.89 bits per heavy atom. The minimum atomic E-state index is -3.90.